The molecule has 1 aromatic heterocycles. The molecular weight excluding hydrogens is 468 g/mol. The van der Waals surface area contributed by atoms with E-state index in [1.165, 1.54) is 0 Å². The molecule has 0 radical (unpaired) electrons. The van der Waals surface area contributed by atoms with Crippen molar-refractivity contribution >= 4 is 44.3 Å². The Balaban J connectivity index is 1.28. The third-order valence-corrected chi connectivity index (χ3v) is 7.61. The number of thiazole rings is 1. The molecule has 2 amide bonds. The standard InChI is InChI=1S/C26H25ClN4O2S/c1-33-21-13-12-20(27)24-23(21)29-26(34-24)31-16-14-30(15-17-31)25(32)28-22(18-8-4-2-5-9-18)19-10-6-3-7-11-19/h2-13,22H,14-17H2,1H3,(H,28,32). The number of halogens is 1. The van der Waals surface area contributed by atoms with Crippen LogP contribution in [0.4, 0.5) is 9.93 Å². The molecule has 4 aromatic rings. The van der Waals surface area contributed by atoms with Crippen molar-refractivity contribution in [1.82, 2.24) is 15.2 Å². The van der Waals surface area contributed by atoms with Crippen LogP contribution in [0.15, 0.2) is 72.8 Å². The Bertz CT molecular complexity index is 1230. The van der Waals surface area contributed by atoms with E-state index in [2.05, 4.69) is 10.2 Å². The fourth-order valence-corrected chi connectivity index (χ4v) is 5.51. The average Bonchev–Trinajstić information content (AvgIpc) is 3.35. The van der Waals surface area contributed by atoms with Crippen molar-refractivity contribution < 1.29 is 9.53 Å². The number of amides is 2. The van der Waals surface area contributed by atoms with Crippen LogP contribution in [0.3, 0.4) is 0 Å². The number of hydrogen-bond acceptors (Lipinski definition) is 5. The number of fused-ring (bicyclic) bond motifs is 1. The van der Waals surface area contributed by atoms with E-state index in [1.54, 1.807) is 18.4 Å². The third kappa shape index (κ3) is 4.54. The quantitative estimate of drug-likeness (QED) is 0.395. The second-order valence-corrected chi connectivity index (χ2v) is 9.49. The number of ether oxygens (including phenoxy) is 1. The Morgan fingerprint density at radius 2 is 1.59 bits per heavy atom. The number of rotatable bonds is 5. The number of nitrogens with one attached hydrogen (secondary N) is 1. The van der Waals surface area contributed by atoms with E-state index in [-0.39, 0.29) is 12.1 Å². The first kappa shape index (κ1) is 22.5. The van der Waals surface area contributed by atoms with Crippen molar-refractivity contribution in [3.05, 3.63) is 88.9 Å². The summed E-state index contributed by atoms with van der Waals surface area (Å²) in [5, 5.41) is 4.81. The van der Waals surface area contributed by atoms with E-state index in [0.717, 1.165) is 26.5 Å². The maximum atomic E-state index is 13.2. The van der Waals surface area contributed by atoms with Crippen LogP contribution >= 0.6 is 22.9 Å². The van der Waals surface area contributed by atoms with Crippen LogP contribution in [0, 0.1) is 0 Å². The maximum absolute atomic E-state index is 13.2. The molecule has 0 unspecified atom stereocenters. The molecule has 1 aliphatic rings. The molecule has 3 aromatic carbocycles. The van der Waals surface area contributed by atoms with Crippen LogP contribution in [0.2, 0.25) is 5.02 Å². The summed E-state index contributed by atoms with van der Waals surface area (Å²) in [5.41, 5.74) is 2.89. The highest BCUT2D eigenvalue weighted by Gasteiger charge is 2.26. The molecule has 0 atom stereocenters. The number of hydrogen-bond donors (Lipinski definition) is 1. The van der Waals surface area contributed by atoms with Gasteiger partial charge in [-0.3, -0.25) is 0 Å². The first-order valence-corrected chi connectivity index (χ1v) is 12.4. The van der Waals surface area contributed by atoms with Gasteiger partial charge in [0.05, 0.1) is 22.9 Å². The Kier molecular flexibility index (Phi) is 6.56. The van der Waals surface area contributed by atoms with E-state index in [0.29, 0.717) is 37.0 Å². The third-order valence-electron chi connectivity index (χ3n) is 6.04. The zero-order valence-electron chi connectivity index (χ0n) is 18.8. The highest BCUT2D eigenvalue weighted by atomic mass is 35.5. The predicted molar refractivity (Wildman–Crippen MR) is 138 cm³/mol. The zero-order valence-corrected chi connectivity index (χ0v) is 20.4. The largest absolute Gasteiger partial charge is 0.494 e. The second kappa shape index (κ2) is 9.91. The molecule has 1 N–H and O–H groups in total. The Labute approximate surface area is 207 Å². The van der Waals surface area contributed by atoms with E-state index in [9.17, 15) is 4.79 Å². The molecule has 5 rings (SSSR count). The summed E-state index contributed by atoms with van der Waals surface area (Å²) in [4.78, 5) is 22.1. The van der Waals surface area contributed by atoms with Crippen molar-refractivity contribution in [1.29, 1.82) is 0 Å². The molecule has 1 aliphatic heterocycles. The lowest BCUT2D eigenvalue weighted by Gasteiger charge is -2.35. The molecule has 6 nitrogen and oxygen atoms in total. The van der Waals surface area contributed by atoms with Gasteiger partial charge in [-0.2, -0.15) is 0 Å². The predicted octanol–water partition coefficient (Wildman–Crippen LogP) is 5.58. The molecule has 34 heavy (non-hydrogen) atoms. The van der Waals surface area contributed by atoms with Crippen LogP contribution in [-0.2, 0) is 0 Å². The van der Waals surface area contributed by atoms with Gasteiger partial charge in [-0.15, -0.1) is 0 Å². The van der Waals surface area contributed by atoms with Gasteiger partial charge in [0, 0.05) is 26.2 Å². The van der Waals surface area contributed by atoms with Crippen molar-refractivity contribution in [2.24, 2.45) is 0 Å². The second-order valence-electron chi connectivity index (χ2n) is 8.10. The fraction of sp³-hybridized carbons (Fsp3) is 0.231. The SMILES string of the molecule is COc1ccc(Cl)c2sc(N3CCN(C(=O)NC(c4ccccc4)c4ccccc4)CC3)nc12. The molecule has 1 saturated heterocycles. The van der Waals surface area contributed by atoms with E-state index >= 15 is 0 Å². The van der Waals surface area contributed by atoms with Gasteiger partial charge in [-0.25, -0.2) is 9.78 Å². The first-order valence-electron chi connectivity index (χ1n) is 11.2. The Morgan fingerprint density at radius 3 is 2.18 bits per heavy atom. The van der Waals surface area contributed by atoms with Gasteiger partial charge in [-0.1, -0.05) is 83.6 Å². The van der Waals surface area contributed by atoms with Gasteiger partial charge in [0.2, 0.25) is 0 Å². The van der Waals surface area contributed by atoms with Gasteiger partial charge < -0.3 is 19.9 Å². The fourth-order valence-electron chi connectivity index (χ4n) is 4.21. The molecular formula is C26H25ClN4O2S. The monoisotopic (exact) mass is 492 g/mol. The minimum atomic E-state index is -0.202. The van der Waals surface area contributed by atoms with Crippen LogP contribution < -0.4 is 15.0 Å². The van der Waals surface area contributed by atoms with Crippen molar-refractivity contribution in [2.75, 3.05) is 38.2 Å². The number of nitrogens with zero attached hydrogens (tertiary/aromatic N) is 3. The number of carbonyl (C=O) groups excluding carboxylic acids is 1. The molecule has 1 fully saturated rings. The number of urea groups is 1. The lowest BCUT2D eigenvalue weighted by Crippen LogP contribution is -2.52. The van der Waals surface area contributed by atoms with Gasteiger partial charge >= 0.3 is 6.03 Å². The first-order chi connectivity index (χ1) is 16.6. The normalized spacial score (nSPS) is 14.0. The highest BCUT2D eigenvalue weighted by molar-refractivity contribution is 7.22. The van der Waals surface area contributed by atoms with E-state index in [1.807, 2.05) is 77.7 Å². The molecule has 2 heterocycles. The Hall–Kier alpha value is -3.29. The average molecular weight is 493 g/mol. The summed E-state index contributed by atoms with van der Waals surface area (Å²) in [6.07, 6.45) is 0. The number of aromatic nitrogens is 1. The zero-order chi connectivity index (χ0) is 23.5. The minimum Gasteiger partial charge on any atom is -0.494 e. The van der Waals surface area contributed by atoms with E-state index < -0.39 is 0 Å². The van der Waals surface area contributed by atoms with Gasteiger partial charge in [0.25, 0.3) is 0 Å². The van der Waals surface area contributed by atoms with E-state index in [4.69, 9.17) is 21.3 Å². The Morgan fingerprint density at radius 1 is 0.971 bits per heavy atom. The molecule has 0 bridgehead atoms. The lowest BCUT2D eigenvalue weighted by molar-refractivity contribution is 0.192. The smallest absolute Gasteiger partial charge is 0.318 e. The number of piperazine rings is 1. The number of methoxy groups -OCH3 is 1. The van der Waals surface area contributed by atoms with Crippen molar-refractivity contribution in [3.8, 4) is 5.75 Å². The summed E-state index contributed by atoms with van der Waals surface area (Å²) in [7, 11) is 1.64. The highest BCUT2D eigenvalue weighted by Crippen LogP contribution is 2.38. The van der Waals surface area contributed by atoms with Crippen LogP contribution in [0.1, 0.15) is 17.2 Å². The summed E-state index contributed by atoms with van der Waals surface area (Å²) >= 11 is 7.95. The molecule has 0 spiro atoms. The number of benzene rings is 3. The van der Waals surface area contributed by atoms with Gasteiger partial charge in [-0.05, 0) is 23.3 Å². The maximum Gasteiger partial charge on any atom is 0.318 e. The topological polar surface area (TPSA) is 57.7 Å². The summed E-state index contributed by atoms with van der Waals surface area (Å²) in [6.45, 7) is 2.63. The molecule has 8 heteroatoms. The van der Waals surface area contributed by atoms with Gasteiger partial charge in [0.1, 0.15) is 11.3 Å². The number of carbonyl (C=O) groups is 1. The lowest BCUT2D eigenvalue weighted by atomic mass is 9.99. The summed E-state index contributed by atoms with van der Waals surface area (Å²) < 4.78 is 6.37. The van der Waals surface area contributed by atoms with Crippen LogP contribution in [0.25, 0.3) is 10.2 Å². The summed E-state index contributed by atoms with van der Waals surface area (Å²) in [6, 6.07) is 23.5. The molecule has 174 valence electrons. The molecule has 0 aliphatic carbocycles. The van der Waals surface area contributed by atoms with Crippen molar-refractivity contribution in [2.45, 2.75) is 6.04 Å². The minimum absolute atomic E-state index is 0.0635. The van der Waals surface area contributed by atoms with Gasteiger partial charge in [0.15, 0.2) is 5.13 Å². The van der Waals surface area contributed by atoms with Crippen LogP contribution in [0.5, 0.6) is 5.75 Å². The number of anilines is 1. The summed E-state index contributed by atoms with van der Waals surface area (Å²) in [5.74, 6) is 0.716. The van der Waals surface area contributed by atoms with Crippen molar-refractivity contribution in [3.63, 3.8) is 0 Å². The van der Waals surface area contributed by atoms with Crippen LogP contribution in [-0.4, -0.2) is 49.2 Å². The molecule has 0 saturated carbocycles.